The second kappa shape index (κ2) is 20.3. The molecule has 32 heavy (non-hydrogen) atoms. The number of hydrogen-bond acceptors (Lipinski definition) is 0. The molecule has 2 nitrogen and oxygen atoms in total. The van der Waals surface area contributed by atoms with Crippen LogP contribution in [0.4, 0.5) is 0 Å². The first kappa shape index (κ1) is 31.9. The van der Waals surface area contributed by atoms with Crippen molar-refractivity contribution in [3.8, 4) is 0 Å². The van der Waals surface area contributed by atoms with Gasteiger partial charge in [0.15, 0.2) is 0 Å². The predicted octanol–water partition coefficient (Wildman–Crippen LogP) is 8.98. The summed E-state index contributed by atoms with van der Waals surface area (Å²) in [6, 6.07) is 0.812. The minimum absolute atomic E-state index is 0.812. The van der Waals surface area contributed by atoms with E-state index in [1.165, 1.54) is 151 Å². The number of hydrogen-bond donors (Lipinski definition) is 0. The van der Waals surface area contributed by atoms with Crippen molar-refractivity contribution in [2.45, 2.75) is 149 Å². The van der Waals surface area contributed by atoms with Gasteiger partial charge in [-0.2, -0.15) is 0 Å². The lowest BCUT2D eigenvalue weighted by Gasteiger charge is -2.42. The Balaban J connectivity index is 4.63. The third kappa shape index (κ3) is 18.4. The zero-order valence-electron chi connectivity index (χ0n) is 24.0. The van der Waals surface area contributed by atoms with Gasteiger partial charge in [0.2, 0.25) is 0 Å². The van der Waals surface area contributed by atoms with E-state index in [1.54, 1.807) is 0 Å². The van der Waals surface area contributed by atoms with Crippen molar-refractivity contribution in [3.05, 3.63) is 0 Å². The van der Waals surface area contributed by atoms with E-state index < -0.39 is 0 Å². The molecule has 0 bridgehead atoms. The highest BCUT2D eigenvalue weighted by Gasteiger charge is 2.33. The van der Waals surface area contributed by atoms with Crippen molar-refractivity contribution < 1.29 is 8.97 Å². The van der Waals surface area contributed by atoms with Crippen LogP contribution in [0, 0.1) is 0 Å². The quantitative estimate of drug-likeness (QED) is 0.101. The molecule has 0 aromatic heterocycles. The molecule has 0 aliphatic heterocycles. The summed E-state index contributed by atoms with van der Waals surface area (Å²) in [4.78, 5) is 0. The van der Waals surface area contributed by atoms with Crippen molar-refractivity contribution in [2.75, 3.05) is 47.8 Å². The Labute approximate surface area is 205 Å². The highest BCUT2D eigenvalue weighted by Crippen LogP contribution is 2.21. The molecule has 0 heterocycles. The Kier molecular flexibility index (Phi) is 20.3. The van der Waals surface area contributed by atoms with Gasteiger partial charge in [-0.3, -0.25) is 0 Å². The Morgan fingerprint density at radius 1 is 0.438 bits per heavy atom. The van der Waals surface area contributed by atoms with Gasteiger partial charge in [0.25, 0.3) is 0 Å². The van der Waals surface area contributed by atoms with Gasteiger partial charge >= 0.3 is 0 Å². The first-order valence-electron chi connectivity index (χ1n) is 14.9. The van der Waals surface area contributed by atoms with Crippen molar-refractivity contribution in [2.24, 2.45) is 0 Å². The summed E-state index contributed by atoms with van der Waals surface area (Å²) in [7, 11) is 10.1. The maximum Gasteiger partial charge on any atom is 0.138 e. The molecule has 0 radical (unpaired) electrons. The van der Waals surface area contributed by atoms with Gasteiger partial charge in [-0.1, -0.05) is 104 Å². The molecule has 194 valence electrons. The van der Waals surface area contributed by atoms with Crippen LogP contribution in [0.2, 0.25) is 0 Å². The van der Waals surface area contributed by atoms with Crippen LogP contribution in [0.1, 0.15) is 143 Å². The molecule has 0 rings (SSSR count). The summed E-state index contributed by atoms with van der Waals surface area (Å²) in [6.07, 6.45) is 26.9. The molecule has 1 unspecified atom stereocenters. The second-order valence-electron chi connectivity index (χ2n) is 12.1. The third-order valence-corrected chi connectivity index (χ3v) is 7.79. The van der Waals surface area contributed by atoms with Gasteiger partial charge in [-0.25, -0.2) is 0 Å². The molecule has 0 aliphatic carbocycles. The van der Waals surface area contributed by atoms with Crippen LogP contribution in [0.5, 0.6) is 0 Å². The fourth-order valence-corrected chi connectivity index (χ4v) is 5.29. The van der Waals surface area contributed by atoms with Crippen molar-refractivity contribution in [1.82, 2.24) is 0 Å². The molecule has 0 spiro atoms. The minimum Gasteiger partial charge on any atom is -0.324 e. The van der Waals surface area contributed by atoms with E-state index in [2.05, 4.69) is 49.0 Å². The van der Waals surface area contributed by atoms with Crippen LogP contribution in [0.25, 0.3) is 0 Å². The molecule has 0 aromatic carbocycles. The molecule has 0 saturated carbocycles. The summed E-state index contributed by atoms with van der Waals surface area (Å²) in [5.41, 5.74) is 0. The van der Waals surface area contributed by atoms with E-state index in [0.717, 1.165) is 6.04 Å². The van der Waals surface area contributed by atoms with E-state index in [-0.39, 0.29) is 0 Å². The van der Waals surface area contributed by atoms with Crippen molar-refractivity contribution in [1.29, 1.82) is 0 Å². The predicted molar refractivity (Wildman–Crippen MR) is 147 cm³/mol. The highest BCUT2D eigenvalue weighted by molar-refractivity contribution is 4.61. The summed E-state index contributed by atoms with van der Waals surface area (Å²) in [6.45, 7) is 11.0. The van der Waals surface area contributed by atoms with Crippen molar-refractivity contribution in [3.63, 3.8) is 0 Å². The van der Waals surface area contributed by atoms with Gasteiger partial charge in [-0.05, 0) is 32.1 Å². The van der Waals surface area contributed by atoms with E-state index in [1.807, 2.05) is 0 Å². The lowest BCUT2D eigenvalue weighted by molar-refractivity contribution is -0.965. The average molecular weight is 455 g/mol. The van der Waals surface area contributed by atoms with E-state index in [4.69, 9.17) is 0 Å². The zero-order valence-corrected chi connectivity index (χ0v) is 24.0. The van der Waals surface area contributed by atoms with Crippen LogP contribution in [-0.2, 0) is 0 Å². The lowest BCUT2D eigenvalue weighted by Crippen LogP contribution is -2.58. The number of likely N-dealkylation sites (N-methyl/N-ethyl adjacent to an activating group) is 2. The van der Waals surface area contributed by atoms with Gasteiger partial charge < -0.3 is 8.97 Å². The van der Waals surface area contributed by atoms with Gasteiger partial charge in [0.1, 0.15) is 12.6 Å². The van der Waals surface area contributed by atoms with E-state index in [9.17, 15) is 0 Å². The number of unbranched alkanes of at least 4 members (excludes halogenated alkanes) is 15. The monoisotopic (exact) mass is 455 g/mol. The first-order valence-corrected chi connectivity index (χ1v) is 14.9. The Hall–Kier alpha value is -0.0800. The molecule has 0 amide bonds. The molecule has 2 heteroatoms. The number of nitrogens with zero attached hydrogens (tertiary/aromatic N) is 2. The smallest absolute Gasteiger partial charge is 0.138 e. The van der Waals surface area contributed by atoms with Crippen LogP contribution in [-0.4, -0.2) is 62.8 Å². The third-order valence-electron chi connectivity index (χ3n) is 7.79. The van der Waals surface area contributed by atoms with Crippen LogP contribution >= 0.6 is 0 Å². The molecule has 0 aromatic rings. The second-order valence-corrected chi connectivity index (χ2v) is 12.1. The summed E-state index contributed by atoms with van der Waals surface area (Å²) >= 11 is 0. The topological polar surface area (TPSA) is 0 Å². The normalized spacial score (nSPS) is 13.6. The highest BCUT2D eigenvalue weighted by atomic mass is 15.4. The largest absolute Gasteiger partial charge is 0.324 e. The Bertz CT molecular complexity index is 388. The fraction of sp³-hybridized carbons (Fsp3) is 1.00. The van der Waals surface area contributed by atoms with E-state index >= 15 is 0 Å². The average Bonchev–Trinajstić information content (AvgIpc) is 2.74. The van der Waals surface area contributed by atoms with E-state index in [0.29, 0.717) is 0 Å². The molecular weight excluding hydrogens is 388 g/mol. The summed E-state index contributed by atoms with van der Waals surface area (Å²) in [5.74, 6) is 0. The van der Waals surface area contributed by atoms with Gasteiger partial charge in [-0.15, -0.1) is 0 Å². The van der Waals surface area contributed by atoms with Gasteiger partial charge in [0, 0.05) is 6.42 Å². The minimum atomic E-state index is 0.812. The first-order chi connectivity index (χ1) is 15.3. The number of rotatable bonds is 24. The van der Waals surface area contributed by atoms with Crippen LogP contribution in [0.3, 0.4) is 0 Å². The van der Waals surface area contributed by atoms with Crippen molar-refractivity contribution >= 4 is 0 Å². The SMILES string of the molecule is CCCCCCCCC(C[N+](C)(C)CCCCCCCC)[N+](C)(C)CCCCCCCC. The Morgan fingerprint density at radius 3 is 1.28 bits per heavy atom. The molecular formula is C30H66N2+2. The zero-order chi connectivity index (χ0) is 24.1. The van der Waals surface area contributed by atoms with Gasteiger partial charge in [0.05, 0.1) is 41.3 Å². The maximum absolute atomic E-state index is 2.54. The maximum atomic E-state index is 2.54. The molecule has 1 atom stereocenters. The van der Waals surface area contributed by atoms with Crippen LogP contribution in [0.15, 0.2) is 0 Å². The summed E-state index contributed by atoms with van der Waals surface area (Å²) < 4.78 is 2.45. The Morgan fingerprint density at radius 2 is 0.812 bits per heavy atom. The standard InChI is InChI=1S/C30H66N2/c1-8-11-14-17-20-23-26-30(32(6,7)28-25-22-19-16-13-10-3)29-31(4,5)27-24-21-18-15-12-9-2/h30H,8-29H2,1-7H3/q+2. The van der Waals surface area contributed by atoms with Crippen LogP contribution < -0.4 is 0 Å². The lowest BCUT2D eigenvalue weighted by atomic mass is 10.0. The molecule has 0 aliphatic rings. The molecule has 0 fully saturated rings. The fourth-order valence-electron chi connectivity index (χ4n) is 5.29. The number of quaternary nitrogens is 2. The summed E-state index contributed by atoms with van der Waals surface area (Å²) in [5, 5.41) is 0. The molecule has 0 saturated heterocycles. The molecule has 0 N–H and O–H groups in total.